The molecule has 0 spiro atoms. The normalized spacial score (nSPS) is 16.5. The maximum Gasteiger partial charge on any atom is 0.318 e. The van der Waals surface area contributed by atoms with Crippen LogP contribution in [0.15, 0.2) is 0 Å². The number of aliphatic carboxylic acids is 1. The van der Waals surface area contributed by atoms with Gasteiger partial charge in [-0.3, -0.25) is 4.79 Å². The van der Waals surface area contributed by atoms with Gasteiger partial charge in [0, 0.05) is 24.5 Å². The summed E-state index contributed by atoms with van der Waals surface area (Å²) in [6, 6.07) is 0.209. The summed E-state index contributed by atoms with van der Waals surface area (Å²) >= 11 is 0. The van der Waals surface area contributed by atoms with E-state index in [0.29, 0.717) is 6.42 Å². The van der Waals surface area contributed by atoms with Crippen LogP contribution in [0.2, 0.25) is 0 Å². The molecule has 0 aliphatic carbocycles. The third-order valence-corrected chi connectivity index (χ3v) is 3.88. The number of hydrogen-bond donors (Lipinski definition) is 3. The van der Waals surface area contributed by atoms with Crippen molar-refractivity contribution >= 4 is 12.0 Å². The lowest BCUT2D eigenvalue weighted by molar-refractivity contribution is -0.137. The number of nitrogens with zero attached hydrogens (tertiary/aromatic N) is 1. The zero-order valence-corrected chi connectivity index (χ0v) is 13.4. The summed E-state index contributed by atoms with van der Waals surface area (Å²) in [5, 5.41) is 15.1. The highest BCUT2D eigenvalue weighted by Crippen LogP contribution is 2.16. The summed E-state index contributed by atoms with van der Waals surface area (Å²) < 4.78 is 0. The molecule has 0 unspecified atom stereocenters. The highest BCUT2D eigenvalue weighted by molar-refractivity contribution is 5.75. The van der Waals surface area contributed by atoms with E-state index < -0.39 is 11.5 Å². The van der Waals surface area contributed by atoms with E-state index in [4.69, 9.17) is 5.11 Å². The average molecular weight is 299 g/mol. The minimum Gasteiger partial charge on any atom is -0.481 e. The second-order valence-corrected chi connectivity index (χ2v) is 6.38. The van der Waals surface area contributed by atoms with E-state index in [1.807, 2.05) is 18.7 Å². The number of piperidine rings is 1. The van der Waals surface area contributed by atoms with Crippen LogP contribution in [0.1, 0.15) is 52.9 Å². The summed E-state index contributed by atoms with van der Waals surface area (Å²) in [6.45, 7) is 8.45. The Morgan fingerprint density at radius 3 is 2.48 bits per heavy atom. The van der Waals surface area contributed by atoms with Crippen molar-refractivity contribution in [3.8, 4) is 0 Å². The number of amides is 2. The smallest absolute Gasteiger partial charge is 0.318 e. The Hall–Kier alpha value is -1.30. The third-order valence-electron chi connectivity index (χ3n) is 3.88. The van der Waals surface area contributed by atoms with Crippen LogP contribution in [0.4, 0.5) is 4.79 Å². The Balaban J connectivity index is 2.60. The summed E-state index contributed by atoms with van der Waals surface area (Å²) in [5.41, 5.74) is -0.506. The topological polar surface area (TPSA) is 81.7 Å². The van der Waals surface area contributed by atoms with Crippen molar-refractivity contribution in [2.24, 2.45) is 0 Å². The van der Waals surface area contributed by atoms with E-state index in [0.717, 1.165) is 38.9 Å². The predicted molar refractivity (Wildman–Crippen MR) is 82.4 cm³/mol. The van der Waals surface area contributed by atoms with Crippen LogP contribution >= 0.6 is 0 Å². The number of carboxylic acids is 1. The fourth-order valence-corrected chi connectivity index (χ4v) is 2.65. The van der Waals surface area contributed by atoms with Crippen molar-refractivity contribution in [2.75, 3.05) is 19.6 Å². The monoisotopic (exact) mass is 299 g/mol. The number of urea groups is 1. The maximum absolute atomic E-state index is 12.5. The van der Waals surface area contributed by atoms with Crippen LogP contribution in [0.25, 0.3) is 0 Å². The fraction of sp³-hybridized carbons (Fsp3) is 0.867. The molecule has 0 aromatic carbocycles. The lowest BCUT2D eigenvalue weighted by Gasteiger charge is -2.37. The number of rotatable bonds is 7. The standard InChI is InChI=1S/C15H29N3O3/c1-4-11-18(12-6-9-16-10-7-12)14(21)17-15(2,3)8-5-13(19)20/h12,16H,4-11H2,1-3H3,(H,17,21)(H,19,20). The van der Waals surface area contributed by atoms with E-state index in [2.05, 4.69) is 17.6 Å². The summed E-state index contributed by atoms with van der Waals surface area (Å²) in [7, 11) is 0. The predicted octanol–water partition coefficient (Wildman–Crippen LogP) is 1.80. The Morgan fingerprint density at radius 1 is 1.33 bits per heavy atom. The molecule has 1 aliphatic heterocycles. The van der Waals surface area contributed by atoms with Gasteiger partial charge >= 0.3 is 12.0 Å². The lowest BCUT2D eigenvalue weighted by atomic mass is 9.98. The first-order chi connectivity index (χ1) is 9.85. The number of carbonyl (C=O) groups is 2. The van der Waals surface area contributed by atoms with Crippen molar-refractivity contribution in [2.45, 2.75) is 64.5 Å². The molecule has 21 heavy (non-hydrogen) atoms. The molecule has 0 aromatic rings. The van der Waals surface area contributed by atoms with E-state index in [1.54, 1.807) is 0 Å². The van der Waals surface area contributed by atoms with Gasteiger partial charge in [-0.2, -0.15) is 0 Å². The molecule has 0 saturated carbocycles. The van der Waals surface area contributed by atoms with Gasteiger partial charge in [-0.15, -0.1) is 0 Å². The van der Waals surface area contributed by atoms with Gasteiger partial charge < -0.3 is 20.6 Å². The van der Waals surface area contributed by atoms with E-state index in [9.17, 15) is 9.59 Å². The van der Waals surface area contributed by atoms with Gasteiger partial charge in [0.25, 0.3) is 0 Å². The first kappa shape index (κ1) is 17.8. The summed E-state index contributed by atoms with van der Waals surface area (Å²) in [5.74, 6) is -0.832. The van der Waals surface area contributed by atoms with E-state index >= 15 is 0 Å². The Morgan fingerprint density at radius 2 is 1.95 bits per heavy atom. The van der Waals surface area contributed by atoms with Crippen LogP contribution in [0.5, 0.6) is 0 Å². The molecule has 1 aliphatic rings. The molecule has 1 rings (SSSR count). The van der Waals surface area contributed by atoms with Crippen molar-refractivity contribution < 1.29 is 14.7 Å². The Labute approximate surface area is 127 Å². The highest BCUT2D eigenvalue weighted by Gasteiger charge is 2.29. The van der Waals surface area contributed by atoms with Crippen LogP contribution in [-0.2, 0) is 4.79 Å². The van der Waals surface area contributed by atoms with E-state index in [1.165, 1.54) is 0 Å². The maximum atomic E-state index is 12.5. The molecule has 6 nitrogen and oxygen atoms in total. The molecule has 122 valence electrons. The SMILES string of the molecule is CCCN(C(=O)NC(C)(C)CCC(=O)O)C1CCNCC1. The largest absolute Gasteiger partial charge is 0.481 e. The number of carbonyl (C=O) groups excluding carboxylic acids is 1. The Kier molecular flexibility index (Phi) is 6.95. The van der Waals surface area contributed by atoms with Gasteiger partial charge in [-0.25, -0.2) is 4.79 Å². The highest BCUT2D eigenvalue weighted by atomic mass is 16.4. The van der Waals surface area contributed by atoms with Crippen molar-refractivity contribution in [1.29, 1.82) is 0 Å². The van der Waals surface area contributed by atoms with Gasteiger partial charge in [0.1, 0.15) is 0 Å². The van der Waals surface area contributed by atoms with Crippen molar-refractivity contribution in [3.05, 3.63) is 0 Å². The van der Waals surface area contributed by atoms with Gasteiger partial charge in [-0.05, 0) is 52.6 Å². The molecule has 1 heterocycles. The van der Waals surface area contributed by atoms with Crippen LogP contribution in [-0.4, -0.2) is 53.2 Å². The molecule has 3 N–H and O–H groups in total. The molecule has 1 saturated heterocycles. The van der Waals surface area contributed by atoms with Crippen LogP contribution in [0, 0.1) is 0 Å². The molecule has 2 amide bonds. The quantitative estimate of drug-likeness (QED) is 0.669. The molecule has 6 heteroatoms. The average Bonchev–Trinajstić information content (AvgIpc) is 2.43. The fourth-order valence-electron chi connectivity index (χ4n) is 2.65. The van der Waals surface area contributed by atoms with Crippen LogP contribution in [0.3, 0.4) is 0 Å². The second-order valence-electron chi connectivity index (χ2n) is 6.38. The zero-order valence-electron chi connectivity index (χ0n) is 13.4. The number of nitrogens with one attached hydrogen (secondary N) is 2. The van der Waals surface area contributed by atoms with Gasteiger partial charge in [0.05, 0.1) is 0 Å². The molecular formula is C15H29N3O3. The second kappa shape index (κ2) is 8.22. The van der Waals surface area contributed by atoms with Crippen molar-refractivity contribution in [1.82, 2.24) is 15.5 Å². The first-order valence-corrected chi connectivity index (χ1v) is 7.87. The molecule has 0 radical (unpaired) electrons. The lowest BCUT2D eigenvalue weighted by Crippen LogP contribution is -2.55. The molecule has 0 atom stereocenters. The van der Waals surface area contributed by atoms with Crippen molar-refractivity contribution in [3.63, 3.8) is 0 Å². The molecular weight excluding hydrogens is 270 g/mol. The molecule has 0 bridgehead atoms. The third kappa shape index (κ3) is 6.33. The first-order valence-electron chi connectivity index (χ1n) is 7.87. The minimum atomic E-state index is -0.832. The van der Waals surface area contributed by atoms with Gasteiger partial charge in [0.2, 0.25) is 0 Å². The molecule has 0 aromatic heterocycles. The van der Waals surface area contributed by atoms with Crippen LogP contribution < -0.4 is 10.6 Å². The summed E-state index contributed by atoms with van der Waals surface area (Å²) in [6.07, 6.45) is 3.37. The minimum absolute atomic E-state index is 0.0639. The zero-order chi connectivity index (χ0) is 15.9. The summed E-state index contributed by atoms with van der Waals surface area (Å²) in [4.78, 5) is 25.1. The molecule has 1 fully saturated rings. The number of carboxylic acid groups (broad SMARTS) is 1. The Bertz CT molecular complexity index is 352. The van der Waals surface area contributed by atoms with Gasteiger partial charge in [-0.1, -0.05) is 6.92 Å². The van der Waals surface area contributed by atoms with E-state index in [-0.39, 0.29) is 18.5 Å². The number of hydrogen-bond acceptors (Lipinski definition) is 3. The van der Waals surface area contributed by atoms with Gasteiger partial charge in [0.15, 0.2) is 0 Å².